The summed E-state index contributed by atoms with van der Waals surface area (Å²) >= 11 is 0. The maximum atomic E-state index is 13.7. The fraction of sp³-hybridized carbons (Fsp3) is 0.515. The van der Waals surface area contributed by atoms with Crippen molar-refractivity contribution in [3.05, 3.63) is 72.1 Å². The van der Waals surface area contributed by atoms with Crippen LogP contribution in [0, 0.1) is 11.3 Å². The molecule has 2 heterocycles. The summed E-state index contributed by atoms with van der Waals surface area (Å²) in [6.07, 6.45) is 5.96. The Hall–Kier alpha value is -3.62. The van der Waals surface area contributed by atoms with Crippen LogP contribution in [-0.4, -0.2) is 65.4 Å². The van der Waals surface area contributed by atoms with Crippen LogP contribution in [0.3, 0.4) is 0 Å². The first-order valence-corrected chi connectivity index (χ1v) is 14.7. The van der Waals surface area contributed by atoms with E-state index in [1.54, 1.807) is 26.0 Å². The lowest BCUT2D eigenvalue weighted by atomic mass is 9.83. The molecule has 42 heavy (non-hydrogen) atoms. The second-order valence-electron chi connectivity index (χ2n) is 12.2. The lowest BCUT2D eigenvalue weighted by Crippen LogP contribution is -2.53. The Labute approximate surface area is 248 Å². The standard InChI is InChI=1S/C33H43F2N3O4/c1-6-41-28-21-26(12-13-27(28)42-32(34)35)31(25-10-8-7-9-11-25)37-18-19-38(29(22-37)33(3,4)5)30(40)20-24-14-16-36(17-15-24)23(2)39/h7-13,18-19,21,24,29,31-32H,6,14-17,20,22H2,1-5H3. The number of hydrogen-bond acceptors (Lipinski definition) is 5. The second kappa shape index (κ2) is 13.6. The van der Waals surface area contributed by atoms with Crippen molar-refractivity contribution in [3.8, 4) is 11.5 Å². The van der Waals surface area contributed by atoms with E-state index >= 15 is 0 Å². The Morgan fingerprint density at radius 3 is 2.26 bits per heavy atom. The number of benzene rings is 2. The minimum absolute atomic E-state index is 0.00456. The van der Waals surface area contributed by atoms with Crippen LogP contribution in [-0.2, 0) is 9.59 Å². The topological polar surface area (TPSA) is 62.3 Å². The third-order valence-electron chi connectivity index (χ3n) is 8.20. The van der Waals surface area contributed by atoms with E-state index < -0.39 is 6.61 Å². The Morgan fingerprint density at radius 1 is 0.976 bits per heavy atom. The number of halogens is 2. The molecule has 228 valence electrons. The number of amides is 2. The molecule has 2 aliphatic rings. The number of nitrogens with zero attached hydrogens (tertiary/aromatic N) is 3. The fourth-order valence-corrected chi connectivity index (χ4v) is 5.92. The van der Waals surface area contributed by atoms with Crippen molar-refractivity contribution in [2.75, 3.05) is 26.2 Å². The Morgan fingerprint density at radius 2 is 1.67 bits per heavy atom. The average Bonchev–Trinajstić information content (AvgIpc) is 2.95. The summed E-state index contributed by atoms with van der Waals surface area (Å²) < 4.78 is 36.5. The molecular weight excluding hydrogens is 540 g/mol. The number of rotatable bonds is 9. The van der Waals surface area contributed by atoms with Gasteiger partial charge in [-0.15, -0.1) is 0 Å². The molecule has 2 amide bonds. The molecule has 4 rings (SSSR count). The molecule has 1 saturated heterocycles. The van der Waals surface area contributed by atoms with Crippen LogP contribution in [0.1, 0.15) is 71.0 Å². The molecule has 2 aromatic rings. The first-order chi connectivity index (χ1) is 20.0. The molecule has 2 atom stereocenters. The van der Waals surface area contributed by atoms with Crippen molar-refractivity contribution in [1.82, 2.24) is 14.7 Å². The van der Waals surface area contributed by atoms with Crippen molar-refractivity contribution in [2.45, 2.75) is 72.6 Å². The predicted molar refractivity (Wildman–Crippen MR) is 158 cm³/mol. The lowest BCUT2D eigenvalue weighted by molar-refractivity contribution is -0.135. The maximum Gasteiger partial charge on any atom is 0.387 e. The predicted octanol–water partition coefficient (Wildman–Crippen LogP) is 6.45. The van der Waals surface area contributed by atoms with E-state index in [4.69, 9.17) is 9.47 Å². The molecule has 0 radical (unpaired) electrons. The smallest absolute Gasteiger partial charge is 0.387 e. The Balaban J connectivity index is 1.63. The highest BCUT2D eigenvalue weighted by molar-refractivity contribution is 5.78. The van der Waals surface area contributed by atoms with Gasteiger partial charge in [0, 0.05) is 45.4 Å². The Kier molecular flexibility index (Phi) is 10.1. The number of likely N-dealkylation sites (tertiary alicyclic amines) is 1. The zero-order chi connectivity index (χ0) is 30.4. The van der Waals surface area contributed by atoms with E-state index in [0.717, 1.165) is 24.0 Å². The summed E-state index contributed by atoms with van der Waals surface area (Å²) in [5.41, 5.74) is 1.67. The number of alkyl halides is 2. The van der Waals surface area contributed by atoms with Crippen LogP contribution in [0.15, 0.2) is 60.9 Å². The van der Waals surface area contributed by atoms with Crippen LogP contribution in [0.25, 0.3) is 0 Å². The highest BCUT2D eigenvalue weighted by Crippen LogP contribution is 2.39. The van der Waals surface area contributed by atoms with Gasteiger partial charge in [0.15, 0.2) is 11.5 Å². The van der Waals surface area contributed by atoms with E-state index in [1.165, 1.54) is 6.07 Å². The molecule has 9 heteroatoms. The van der Waals surface area contributed by atoms with Crippen LogP contribution in [0.4, 0.5) is 8.78 Å². The van der Waals surface area contributed by atoms with Crippen LogP contribution < -0.4 is 9.47 Å². The third kappa shape index (κ3) is 7.61. The van der Waals surface area contributed by atoms with Gasteiger partial charge in [0.25, 0.3) is 0 Å². The summed E-state index contributed by atoms with van der Waals surface area (Å²) in [6.45, 7) is 9.14. The lowest BCUT2D eigenvalue weighted by Gasteiger charge is -2.47. The van der Waals surface area contributed by atoms with E-state index in [2.05, 4.69) is 25.7 Å². The molecule has 0 aromatic heterocycles. The SMILES string of the molecule is CCOc1cc(C(c2ccccc2)N2C=CN(C(=O)CC3CCN(C(C)=O)CC3)C(C(C)(C)C)C2)ccc1OC(F)F. The van der Waals surface area contributed by atoms with Gasteiger partial charge >= 0.3 is 6.61 Å². The van der Waals surface area contributed by atoms with Gasteiger partial charge in [-0.05, 0) is 54.4 Å². The van der Waals surface area contributed by atoms with E-state index in [1.807, 2.05) is 52.5 Å². The molecule has 1 fully saturated rings. The molecule has 7 nitrogen and oxygen atoms in total. The summed E-state index contributed by atoms with van der Waals surface area (Å²) in [6, 6.07) is 14.7. The monoisotopic (exact) mass is 583 g/mol. The van der Waals surface area contributed by atoms with Crippen molar-refractivity contribution in [3.63, 3.8) is 0 Å². The first kappa shape index (κ1) is 31.3. The summed E-state index contributed by atoms with van der Waals surface area (Å²) in [4.78, 5) is 31.4. The zero-order valence-corrected chi connectivity index (χ0v) is 25.3. The van der Waals surface area contributed by atoms with Gasteiger partial charge in [0.05, 0.1) is 18.7 Å². The molecule has 0 bridgehead atoms. The second-order valence-corrected chi connectivity index (χ2v) is 12.2. The van der Waals surface area contributed by atoms with Crippen molar-refractivity contribution in [1.29, 1.82) is 0 Å². The normalized spacial score (nSPS) is 18.8. The van der Waals surface area contributed by atoms with Gasteiger partial charge in [-0.25, -0.2) is 0 Å². The van der Waals surface area contributed by atoms with Crippen molar-refractivity contribution >= 4 is 11.8 Å². The summed E-state index contributed by atoms with van der Waals surface area (Å²) in [5, 5.41) is 0. The quantitative estimate of drug-likeness (QED) is 0.339. The molecule has 0 aliphatic carbocycles. The van der Waals surface area contributed by atoms with Gasteiger partial charge in [-0.1, -0.05) is 57.2 Å². The third-order valence-corrected chi connectivity index (χ3v) is 8.20. The van der Waals surface area contributed by atoms with Crippen LogP contribution >= 0.6 is 0 Å². The van der Waals surface area contributed by atoms with E-state index in [9.17, 15) is 18.4 Å². The van der Waals surface area contributed by atoms with E-state index in [0.29, 0.717) is 32.7 Å². The number of hydrogen-bond donors (Lipinski definition) is 0. The number of piperidine rings is 1. The minimum atomic E-state index is -2.96. The van der Waals surface area contributed by atoms with Crippen molar-refractivity contribution < 1.29 is 27.8 Å². The average molecular weight is 584 g/mol. The molecular formula is C33H43F2N3O4. The van der Waals surface area contributed by atoms with Gasteiger partial charge < -0.3 is 24.2 Å². The molecule has 2 unspecified atom stereocenters. The number of carbonyl (C=O) groups excluding carboxylic acids is 2. The van der Waals surface area contributed by atoms with Crippen LogP contribution in [0.2, 0.25) is 0 Å². The van der Waals surface area contributed by atoms with Crippen LogP contribution in [0.5, 0.6) is 11.5 Å². The molecule has 0 saturated carbocycles. The molecule has 2 aliphatic heterocycles. The van der Waals surface area contributed by atoms with E-state index in [-0.39, 0.29) is 46.7 Å². The largest absolute Gasteiger partial charge is 0.490 e. The number of ether oxygens (including phenoxy) is 2. The van der Waals surface area contributed by atoms with Gasteiger partial charge in [-0.2, -0.15) is 8.78 Å². The molecule has 0 N–H and O–H groups in total. The fourth-order valence-electron chi connectivity index (χ4n) is 5.92. The molecule has 2 aromatic carbocycles. The molecule has 0 spiro atoms. The minimum Gasteiger partial charge on any atom is -0.490 e. The summed E-state index contributed by atoms with van der Waals surface area (Å²) in [7, 11) is 0. The zero-order valence-electron chi connectivity index (χ0n) is 25.3. The first-order valence-electron chi connectivity index (χ1n) is 14.7. The maximum absolute atomic E-state index is 13.7. The van der Waals surface area contributed by atoms with Gasteiger partial charge in [-0.3, -0.25) is 9.59 Å². The van der Waals surface area contributed by atoms with Crippen molar-refractivity contribution in [2.24, 2.45) is 11.3 Å². The number of carbonyl (C=O) groups is 2. The highest BCUT2D eigenvalue weighted by atomic mass is 19.3. The summed E-state index contributed by atoms with van der Waals surface area (Å²) in [5.74, 6) is 0.690. The van der Waals surface area contributed by atoms with Gasteiger partial charge in [0.1, 0.15) is 0 Å². The highest BCUT2D eigenvalue weighted by Gasteiger charge is 2.38. The Bertz CT molecular complexity index is 1240. The van der Waals surface area contributed by atoms with Gasteiger partial charge in [0.2, 0.25) is 11.8 Å².